The fourth-order valence-electron chi connectivity index (χ4n) is 3.32. The minimum atomic E-state index is -0.988. The van der Waals surface area contributed by atoms with Gasteiger partial charge in [-0.25, -0.2) is 4.79 Å². The molecular weight excluding hydrogens is 360 g/mol. The minimum absolute atomic E-state index is 0.0825. The fraction of sp³-hybridized carbons (Fsp3) is 0.400. The number of nitrogens with one attached hydrogen (secondary N) is 1. The predicted octanol–water partition coefficient (Wildman–Crippen LogP) is 1.95. The molecule has 1 aromatic heterocycles. The van der Waals surface area contributed by atoms with E-state index in [1.807, 2.05) is 23.1 Å². The van der Waals surface area contributed by atoms with Crippen LogP contribution >= 0.6 is 0 Å². The van der Waals surface area contributed by atoms with E-state index >= 15 is 0 Å². The van der Waals surface area contributed by atoms with E-state index in [1.165, 1.54) is 6.20 Å². The molecule has 0 bridgehead atoms. The Balaban J connectivity index is 1.37. The quantitative estimate of drug-likeness (QED) is 0.710. The lowest BCUT2D eigenvalue weighted by atomic mass is 10.0. The molecule has 8 nitrogen and oxygen atoms in total. The number of aromatic carboxylic acids is 1. The van der Waals surface area contributed by atoms with Crippen molar-refractivity contribution < 1.29 is 19.5 Å². The van der Waals surface area contributed by atoms with E-state index in [1.54, 1.807) is 23.0 Å². The number of piperidine rings is 1. The summed E-state index contributed by atoms with van der Waals surface area (Å²) in [6, 6.07) is 9.10. The molecule has 148 valence electrons. The van der Waals surface area contributed by atoms with Gasteiger partial charge >= 0.3 is 5.97 Å². The van der Waals surface area contributed by atoms with Crippen LogP contribution in [-0.2, 0) is 4.79 Å². The summed E-state index contributed by atoms with van der Waals surface area (Å²) in [5, 5.41) is 15.9. The van der Waals surface area contributed by atoms with Crippen LogP contribution in [0.1, 0.15) is 52.4 Å². The van der Waals surface area contributed by atoms with Gasteiger partial charge in [0.25, 0.3) is 5.91 Å². The Labute approximate surface area is 163 Å². The smallest absolute Gasteiger partial charge is 0.338 e. The number of likely N-dealkylation sites (tertiary alicyclic amines) is 1. The molecule has 8 heteroatoms. The summed E-state index contributed by atoms with van der Waals surface area (Å²) >= 11 is 0. The zero-order chi connectivity index (χ0) is 19.9. The number of carboxylic acids is 1. The molecule has 0 radical (unpaired) electrons. The first-order chi connectivity index (χ1) is 13.5. The van der Waals surface area contributed by atoms with Gasteiger partial charge in [0.1, 0.15) is 0 Å². The number of carbonyl (C=O) groups excluding carboxylic acids is 2. The third kappa shape index (κ3) is 4.97. The van der Waals surface area contributed by atoms with E-state index in [4.69, 9.17) is 5.11 Å². The average Bonchev–Trinajstić information content (AvgIpc) is 3.22. The second kappa shape index (κ2) is 9.16. The van der Waals surface area contributed by atoms with Crippen LogP contribution in [0.3, 0.4) is 0 Å². The van der Waals surface area contributed by atoms with Gasteiger partial charge in [0.15, 0.2) is 0 Å². The molecule has 0 unspecified atom stereocenters. The van der Waals surface area contributed by atoms with Gasteiger partial charge in [-0.3, -0.25) is 14.3 Å². The molecule has 2 aromatic rings. The van der Waals surface area contributed by atoms with Gasteiger partial charge in [-0.2, -0.15) is 5.10 Å². The van der Waals surface area contributed by atoms with Crippen molar-refractivity contribution in [2.45, 2.75) is 31.7 Å². The number of benzene rings is 1. The van der Waals surface area contributed by atoms with Gasteiger partial charge in [0.2, 0.25) is 5.91 Å². The van der Waals surface area contributed by atoms with Gasteiger partial charge < -0.3 is 15.3 Å². The molecule has 2 amide bonds. The highest BCUT2D eigenvalue weighted by Crippen LogP contribution is 2.22. The van der Waals surface area contributed by atoms with E-state index in [2.05, 4.69) is 10.4 Å². The molecule has 1 aliphatic heterocycles. The minimum Gasteiger partial charge on any atom is -0.478 e. The van der Waals surface area contributed by atoms with E-state index in [9.17, 15) is 14.4 Å². The lowest BCUT2D eigenvalue weighted by Gasteiger charge is -2.32. The number of aromatic nitrogens is 2. The highest BCUT2D eigenvalue weighted by atomic mass is 16.4. The first kappa shape index (κ1) is 19.6. The largest absolute Gasteiger partial charge is 0.478 e. The molecule has 0 spiro atoms. The van der Waals surface area contributed by atoms with Crippen molar-refractivity contribution in [3.05, 3.63) is 53.9 Å². The van der Waals surface area contributed by atoms with Gasteiger partial charge in [0.05, 0.1) is 17.8 Å². The number of amides is 2. The Morgan fingerprint density at radius 1 is 1.11 bits per heavy atom. The Kier molecular flexibility index (Phi) is 6.41. The van der Waals surface area contributed by atoms with Crippen LogP contribution in [0.2, 0.25) is 0 Å². The van der Waals surface area contributed by atoms with Crippen molar-refractivity contribution in [2.24, 2.45) is 0 Å². The molecule has 0 aliphatic carbocycles. The number of rotatable bonds is 7. The lowest BCUT2D eigenvalue weighted by molar-refractivity contribution is -0.132. The maximum atomic E-state index is 12.4. The van der Waals surface area contributed by atoms with Crippen LogP contribution < -0.4 is 5.32 Å². The monoisotopic (exact) mass is 384 g/mol. The summed E-state index contributed by atoms with van der Waals surface area (Å²) in [7, 11) is 0. The third-order valence-electron chi connectivity index (χ3n) is 4.93. The molecular formula is C20H24N4O4. The SMILES string of the molecule is O=C(O)c1cnn(C2CCN(C(=O)CCCNC(=O)c3ccccc3)CC2)c1. The molecule has 2 heterocycles. The number of carboxylic acid groups (broad SMARTS) is 1. The van der Waals surface area contributed by atoms with Crippen LogP contribution in [0.4, 0.5) is 0 Å². The summed E-state index contributed by atoms with van der Waals surface area (Å²) < 4.78 is 1.68. The Hall–Kier alpha value is -3.16. The van der Waals surface area contributed by atoms with Crippen molar-refractivity contribution in [3.8, 4) is 0 Å². The van der Waals surface area contributed by atoms with E-state index < -0.39 is 5.97 Å². The predicted molar refractivity (Wildman–Crippen MR) is 102 cm³/mol. The molecule has 0 saturated carbocycles. The second-order valence-electron chi connectivity index (χ2n) is 6.85. The summed E-state index contributed by atoms with van der Waals surface area (Å²) in [6.45, 7) is 1.71. The average molecular weight is 384 g/mol. The fourth-order valence-corrected chi connectivity index (χ4v) is 3.32. The zero-order valence-corrected chi connectivity index (χ0v) is 15.6. The van der Waals surface area contributed by atoms with Crippen LogP contribution in [-0.4, -0.2) is 57.2 Å². The molecule has 2 N–H and O–H groups in total. The summed E-state index contributed by atoms with van der Waals surface area (Å²) in [6.07, 6.45) is 5.38. The third-order valence-corrected chi connectivity index (χ3v) is 4.93. The van der Waals surface area contributed by atoms with Crippen LogP contribution in [0.15, 0.2) is 42.7 Å². The Bertz CT molecular complexity index is 826. The van der Waals surface area contributed by atoms with Crippen molar-refractivity contribution >= 4 is 17.8 Å². The molecule has 1 aliphatic rings. The van der Waals surface area contributed by atoms with Crippen molar-refractivity contribution in [1.82, 2.24) is 20.0 Å². The first-order valence-corrected chi connectivity index (χ1v) is 9.43. The second-order valence-corrected chi connectivity index (χ2v) is 6.85. The van der Waals surface area contributed by atoms with Crippen molar-refractivity contribution in [1.29, 1.82) is 0 Å². The Morgan fingerprint density at radius 2 is 1.82 bits per heavy atom. The standard InChI is InChI=1S/C20H24N4O4/c25-18(7-4-10-21-19(26)15-5-2-1-3-6-15)23-11-8-17(9-12-23)24-14-16(13-22-24)20(27)28/h1-3,5-6,13-14,17H,4,7-12H2,(H,21,26)(H,27,28). The lowest BCUT2D eigenvalue weighted by Crippen LogP contribution is -2.39. The topological polar surface area (TPSA) is 105 Å². The van der Waals surface area contributed by atoms with Crippen LogP contribution in [0.25, 0.3) is 0 Å². The first-order valence-electron chi connectivity index (χ1n) is 9.43. The summed E-state index contributed by atoms with van der Waals surface area (Å²) in [4.78, 5) is 37.1. The van der Waals surface area contributed by atoms with Gasteiger partial charge in [0, 0.05) is 37.8 Å². The highest BCUT2D eigenvalue weighted by Gasteiger charge is 2.24. The van der Waals surface area contributed by atoms with E-state index in [-0.39, 0.29) is 23.4 Å². The van der Waals surface area contributed by atoms with Crippen LogP contribution in [0, 0.1) is 0 Å². The zero-order valence-electron chi connectivity index (χ0n) is 15.6. The van der Waals surface area contributed by atoms with Crippen LogP contribution in [0.5, 0.6) is 0 Å². The highest BCUT2D eigenvalue weighted by molar-refractivity contribution is 5.94. The Morgan fingerprint density at radius 3 is 2.46 bits per heavy atom. The van der Waals surface area contributed by atoms with E-state index in [0.717, 1.165) is 12.8 Å². The normalized spacial score (nSPS) is 14.6. The van der Waals surface area contributed by atoms with Crippen molar-refractivity contribution in [2.75, 3.05) is 19.6 Å². The molecule has 3 rings (SSSR count). The maximum absolute atomic E-state index is 12.4. The van der Waals surface area contributed by atoms with Gasteiger partial charge in [-0.1, -0.05) is 18.2 Å². The molecule has 28 heavy (non-hydrogen) atoms. The number of carbonyl (C=O) groups is 3. The number of hydrogen-bond acceptors (Lipinski definition) is 4. The van der Waals surface area contributed by atoms with Gasteiger partial charge in [-0.15, -0.1) is 0 Å². The van der Waals surface area contributed by atoms with E-state index in [0.29, 0.717) is 38.0 Å². The number of hydrogen-bond donors (Lipinski definition) is 2. The van der Waals surface area contributed by atoms with Gasteiger partial charge in [-0.05, 0) is 31.4 Å². The molecule has 1 fully saturated rings. The van der Waals surface area contributed by atoms with Crippen molar-refractivity contribution in [3.63, 3.8) is 0 Å². The molecule has 1 aromatic carbocycles. The molecule has 0 atom stereocenters. The molecule has 1 saturated heterocycles. The number of nitrogens with zero attached hydrogens (tertiary/aromatic N) is 3. The summed E-state index contributed by atoms with van der Waals surface area (Å²) in [5.41, 5.74) is 0.789. The maximum Gasteiger partial charge on any atom is 0.338 e. The summed E-state index contributed by atoms with van der Waals surface area (Å²) in [5.74, 6) is -1.04.